The number of nitrogens with one attached hydrogen (secondary N) is 2. The van der Waals surface area contributed by atoms with Crippen LogP contribution in [0.5, 0.6) is 0 Å². The molecule has 0 unspecified atom stereocenters. The van der Waals surface area contributed by atoms with Crippen LogP contribution in [0.15, 0.2) is 48.5 Å². The predicted octanol–water partition coefficient (Wildman–Crippen LogP) is 4.03. The topological polar surface area (TPSA) is 87.5 Å². The van der Waals surface area contributed by atoms with Gasteiger partial charge in [-0.2, -0.15) is 0 Å². The first kappa shape index (κ1) is 19.1. The van der Waals surface area contributed by atoms with Crippen molar-refractivity contribution < 1.29 is 9.72 Å². The van der Waals surface area contributed by atoms with Gasteiger partial charge in [-0.1, -0.05) is 41.9 Å². The number of hydrogen-bond acceptors (Lipinski definition) is 4. The number of amides is 2. The van der Waals surface area contributed by atoms with Gasteiger partial charge in [-0.05, 0) is 30.5 Å². The van der Waals surface area contributed by atoms with Crippen molar-refractivity contribution in [2.75, 3.05) is 18.4 Å². The molecular weight excluding hydrogens is 368 g/mol. The standard InChI is InChI=1S/C19H21ClN4O3/c20-17-7-6-16(12-18(17)24(26)27)22-19(25)21-15-8-10-23(11-9-15)13-14-4-2-1-3-5-14/h1-7,12,15H,8-11,13H2,(H2,21,22,25). The van der Waals surface area contributed by atoms with E-state index in [2.05, 4.69) is 27.7 Å². The van der Waals surface area contributed by atoms with Gasteiger partial charge in [0.1, 0.15) is 5.02 Å². The summed E-state index contributed by atoms with van der Waals surface area (Å²) in [4.78, 5) is 24.9. The van der Waals surface area contributed by atoms with E-state index in [1.54, 1.807) is 0 Å². The van der Waals surface area contributed by atoms with Crippen LogP contribution < -0.4 is 10.6 Å². The van der Waals surface area contributed by atoms with Crippen LogP contribution in [0.2, 0.25) is 5.02 Å². The summed E-state index contributed by atoms with van der Waals surface area (Å²) in [7, 11) is 0. The van der Waals surface area contributed by atoms with Gasteiger partial charge in [-0.3, -0.25) is 15.0 Å². The van der Waals surface area contributed by atoms with E-state index in [9.17, 15) is 14.9 Å². The highest BCUT2D eigenvalue weighted by Gasteiger charge is 2.21. The van der Waals surface area contributed by atoms with Gasteiger partial charge in [-0.15, -0.1) is 0 Å². The number of nitro groups is 1. The van der Waals surface area contributed by atoms with Crippen molar-refractivity contribution in [3.63, 3.8) is 0 Å². The molecule has 1 aliphatic heterocycles. The number of piperidine rings is 1. The van der Waals surface area contributed by atoms with Crippen molar-refractivity contribution in [3.05, 3.63) is 69.2 Å². The number of carbonyl (C=O) groups excluding carboxylic acids is 1. The van der Waals surface area contributed by atoms with Gasteiger partial charge >= 0.3 is 6.03 Å². The molecule has 0 aromatic heterocycles. The maximum Gasteiger partial charge on any atom is 0.319 e. The number of urea groups is 1. The third kappa shape index (κ3) is 5.42. The van der Waals surface area contributed by atoms with Crippen molar-refractivity contribution in [3.8, 4) is 0 Å². The van der Waals surface area contributed by atoms with E-state index in [-0.39, 0.29) is 22.8 Å². The average Bonchev–Trinajstić information content (AvgIpc) is 2.65. The van der Waals surface area contributed by atoms with Crippen LogP contribution in [0.1, 0.15) is 18.4 Å². The average molecular weight is 389 g/mol. The molecule has 27 heavy (non-hydrogen) atoms. The number of likely N-dealkylation sites (tertiary alicyclic amines) is 1. The van der Waals surface area contributed by atoms with Crippen LogP contribution in [0, 0.1) is 10.1 Å². The molecular formula is C19H21ClN4O3. The molecule has 2 aromatic carbocycles. The molecule has 1 aliphatic rings. The Morgan fingerprint density at radius 3 is 2.56 bits per heavy atom. The SMILES string of the molecule is O=C(Nc1ccc(Cl)c([N+](=O)[O-])c1)NC1CCN(Cc2ccccc2)CC1. The van der Waals surface area contributed by atoms with Crippen molar-refractivity contribution >= 4 is 29.0 Å². The van der Waals surface area contributed by atoms with E-state index < -0.39 is 4.92 Å². The summed E-state index contributed by atoms with van der Waals surface area (Å²) in [5.41, 5.74) is 1.39. The molecule has 8 heteroatoms. The van der Waals surface area contributed by atoms with Gasteiger partial charge in [0, 0.05) is 37.4 Å². The lowest BCUT2D eigenvalue weighted by Crippen LogP contribution is -2.45. The third-order valence-electron chi connectivity index (χ3n) is 4.57. The molecule has 2 amide bonds. The van der Waals surface area contributed by atoms with Crippen LogP contribution in [0.3, 0.4) is 0 Å². The van der Waals surface area contributed by atoms with E-state index in [1.165, 1.54) is 23.8 Å². The monoisotopic (exact) mass is 388 g/mol. The molecule has 7 nitrogen and oxygen atoms in total. The lowest BCUT2D eigenvalue weighted by atomic mass is 10.0. The summed E-state index contributed by atoms with van der Waals surface area (Å²) in [5, 5.41) is 16.5. The van der Waals surface area contributed by atoms with Crippen LogP contribution in [-0.2, 0) is 6.54 Å². The maximum absolute atomic E-state index is 12.2. The molecule has 2 aromatic rings. The first-order valence-electron chi connectivity index (χ1n) is 8.79. The van der Waals surface area contributed by atoms with Gasteiger partial charge in [-0.25, -0.2) is 4.79 Å². The fourth-order valence-electron chi connectivity index (χ4n) is 3.16. The molecule has 2 N–H and O–H groups in total. The zero-order valence-corrected chi connectivity index (χ0v) is 15.5. The van der Waals surface area contributed by atoms with Crippen LogP contribution in [0.25, 0.3) is 0 Å². The largest absolute Gasteiger partial charge is 0.335 e. The summed E-state index contributed by atoms with van der Waals surface area (Å²) < 4.78 is 0. The smallest absolute Gasteiger partial charge is 0.319 e. The normalized spacial score (nSPS) is 15.3. The second-order valence-electron chi connectivity index (χ2n) is 6.56. The van der Waals surface area contributed by atoms with Crippen molar-refractivity contribution in [2.45, 2.75) is 25.4 Å². The molecule has 3 rings (SSSR count). The molecule has 0 saturated carbocycles. The summed E-state index contributed by atoms with van der Waals surface area (Å²) in [6, 6.07) is 14.2. The highest BCUT2D eigenvalue weighted by molar-refractivity contribution is 6.32. The molecule has 1 fully saturated rings. The highest BCUT2D eigenvalue weighted by Crippen LogP contribution is 2.27. The molecule has 1 saturated heterocycles. The Kier molecular flexibility index (Phi) is 6.26. The Morgan fingerprint density at radius 1 is 1.19 bits per heavy atom. The fourth-order valence-corrected chi connectivity index (χ4v) is 3.35. The molecule has 0 aliphatic carbocycles. The third-order valence-corrected chi connectivity index (χ3v) is 4.89. The van der Waals surface area contributed by atoms with Gasteiger partial charge in [0.2, 0.25) is 0 Å². The summed E-state index contributed by atoms with van der Waals surface area (Å²) in [6.45, 7) is 2.73. The van der Waals surface area contributed by atoms with Crippen molar-refractivity contribution in [1.29, 1.82) is 0 Å². The summed E-state index contributed by atoms with van der Waals surface area (Å²) >= 11 is 5.78. The van der Waals surface area contributed by atoms with E-state index in [0.717, 1.165) is 32.5 Å². The van der Waals surface area contributed by atoms with Gasteiger partial charge in [0.15, 0.2) is 0 Å². The van der Waals surface area contributed by atoms with Crippen LogP contribution in [-0.4, -0.2) is 35.0 Å². The number of rotatable bonds is 5. The quantitative estimate of drug-likeness (QED) is 0.597. The maximum atomic E-state index is 12.2. The Hall–Kier alpha value is -2.64. The minimum absolute atomic E-state index is 0.0387. The number of carbonyl (C=O) groups is 1. The number of nitro benzene ring substituents is 1. The Balaban J connectivity index is 1.47. The first-order valence-corrected chi connectivity index (χ1v) is 9.17. The molecule has 142 valence electrons. The molecule has 0 atom stereocenters. The second-order valence-corrected chi connectivity index (χ2v) is 6.96. The van der Waals surface area contributed by atoms with E-state index in [0.29, 0.717) is 5.69 Å². The lowest BCUT2D eigenvalue weighted by molar-refractivity contribution is -0.384. The second kappa shape index (κ2) is 8.83. The predicted molar refractivity (Wildman–Crippen MR) is 105 cm³/mol. The minimum Gasteiger partial charge on any atom is -0.335 e. The Labute approximate surface area is 162 Å². The fraction of sp³-hybridized carbons (Fsp3) is 0.316. The summed E-state index contributed by atoms with van der Waals surface area (Å²) in [6.07, 6.45) is 1.72. The molecule has 0 bridgehead atoms. The van der Waals surface area contributed by atoms with E-state index >= 15 is 0 Å². The van der Waals surface area contributed by atoms with Crippen molar-refractivity contribution in [1.82, 2.24) is 10.2 Å². The summed E-state index contributed by atoms with van der Waals surface area (Å²) in [5.74, 6) is 0. The zero-order valence-electron chi connectivity index (χ0n) is 14.7. The zero-order chi connectivity index (χ0) is 19.2. The number of anilines is 1. The van der Waals surface area contributed by atoms with E-state index in [4.69, 9.17) is 11.6 Å². The Bertz CT molecular complexity index is 808. The number of halogens is 1. The Morgan fingerprint density at radius 2 is 1.89 bits per heavy atom. The molecule has 0 spiro atoms. The minimum atomic E-state index is -0.576. The number of benzene rings is 2. The van der Waals surface area contributed by atoms with Gasteiger partial charge < -0.3 is 10.6 Å². The van der Waals surface area contributed by atoms with Crippen LogP contribution in [0.4, 0.5) is 16.2 Å². The van der Waals surface area contributed by atoms with Gasteiger partial charge in [0.05, 0.1) is 4.92 Å². The highest BCUT2D eigenvalue weighted by atomic mass is 35.5. The molecule has 1 heterocycles. The lowest BCUT2D eigenvalue weighted by Gasteiger charge is -2.32. The van der Waals surface area contributed by atoms with Gasteiger partial charge in [0.25, 0.3) is 5.69 Å². The van der Waals surface area contributed by atoms with E-state index in [1.807, 2.05) is 18.2 Å². The number of nitrogens with zero attached hydrogens (tertiary/aromatic N) is 2. The first-order chi connectivity index (χ1) is 13.0. The van der Waals surface area contributed by atoms with Crippen molar-refractivity contribution in [2.24, 2.45) is 0 Å². The van der Waals surface area contributed by atoms with Crippen LogP contribution >= 0.6 is 11.6 Å². The number of hydrogen-bond donors (Lipinski definition) is 2. The molecule has 0 radical (unpaired) electrons.